The van der Waals surface area contributed by atoms with Gasteiger partial charge in [0.05, 0.1) is 16.9 Å². The molecule has 1 N–H and O–H groups in total. The first-order valence-corrected chi connectivity index (χ1v) is 10.6. The summed E-state index contributed by atoms with van der Waals surface area (Å²) in [6.07, 6.45) is 1.37. The van der Waals surface area contributed by atoms with Crippen molar-refractivity contribution in [3.8, 4) is 22.7 Å². The number of hydrazone groups is 1. The van der Waals surface area contributed by atoms with Gasteiger partial charge in [0, 0.05) is 22.8 Å². The predicted octanol–water partition coefficient (Wildman–Crippen LogP) is 3.46. The zero-order chi connectivity index (χ0) is 23.2. The van der Waals surface area contributed by atoms with Crippen LogP contribution in [0, 0.1) is 17.0 Å². The fourth-order valence-electron chi connectivity index (χ4n) is 2.93. The van der Waals surface area contributed by atoms with Crippen molar-refractivity contribution in [2.24, 2.45) is 5.10 Å². The second-order valence-electron chi connectivity index (χ2n) is 6.77. The first-order chi connectivity index (χ1) is 16.0. The lowest BCUT2D eigenvalue weighted by Gasteiger charge is -2.03. The first-order valence-electron chi connectivity index (χ1n) is 9.65. The van der Waals surface area contributed by atoms with Gasteiger partial charge in [0.2, 0.25) is 0 Å². The third kappa shape index (κ3) is 5.30. The fraction of sp³-hybridized carbons (Fsp3) is 0.0952. The number of nitro groups is 1. The van der Waals surface area contributed by atoms with Crippen molar-refractivity contribution in [3.63, 3.8) is 0 Å². The minimum absolute atomic E-state index is 0.0465. The highest BCUT2D eigenvalue weighted by Gasteiger charge is 2.13. The standard InChI is InChI=1S/C21H17N7O4S/c1-14-11-16(7-9-18(14)28(30)31)19-10-8-17(32-19)12-22-23-20(29)13-33-27-21(24-25-26-27)15-5-3-2-4-6-15/h2-12H,13H2,1H3,(H,23,29)/b22-12-. The Bertz CT molecular complexity index is 1320. The van der Waals surface area contributed by atoms with Gasteiger partial charge in [-0.2, -0.15) is 9.19 Å². The summed E-state index contributed by atoms with van der Waals surface area (Å²) in [6.45, 7) is 1.67. The lowest BCUT2D eigenvalue weighted by atomic mass is 10.1. The molecule has 33 heavy (non-hydrogen) atoms. The van der Waals surface area contributed by atoms with Crippen molar-refractivity contribution >= 4 is 29.8 Å². The van der Waals surface area contributed by atoms with Crippen molar-refractivity contribution in [2.75, 3.05) is 5.75 Å². The summed E-state index contributed by atoms with van der Waals surface area (Å²) < 4.78 is 7.16. The number of nitrogens with zero attached hydrogens (tertiary/aromatic N) is 6. The van der Waals surface area contributed by atoms with Gasteiger partial charge in [0.25, 0.3) is 11.6 Å². The Morgan fingerprint density at radius 3 is 2.79 bits per heavy atom. The number of furan rings is 1. The molecule has 0 aliphatic heterocycles. The number of nitro benzene ring substituents is 1. The number of aryl methyl sites for hydroxylation is 1. The molecule has 166 valence electrons. The summed E-state index contributed by atoms with van der Waals surface area (Å²) in [7, 11) is 0. The van der Waals surface area contributed by atoms with Gasteiger partial charge in [0.1, 0.15) is 11.5 Å². The zero-order valence-electron chi connectivity index (χ0n) is 17.3. The molecule has 2 heterocycles. The maximum atomic E-state index is 12.1. The van der Waals surface area contributed by atoms with Gasteiger partial charge < -0.3 is 4.42 Å². The van der Waals surface area contributed by atoms with Crippen LogP contribution in [0.2, 0.25) is 0 Å². The Morgan fingerprint density at radius 2 is 2.03 bits per heavy atom. The molecule has 4 rings (SSSR count). The number of carbonyl (C=O) groups excluding carboxylic acids is 1. The maximum absolute atomic E-state index is 12.1. The molecule has 0 fully saturated rings. The molecule has 0 aliphatic rings. The molecule has 1 amide bonds. The molecule has 11 nitrogen and oxygen atoms in total. The number of amides is 1. The molecular weight excluding hydrogens is 446 g/mol. The van der Waals surface area contributed by atoms with Gasteiger partial charge in [-0.3, -0.25) is 14.9 Å². The molecule has 0 atom stereocenters. The second kappa shape index (κ2) is 9.87. The number of tetrazole rings is 1. The lowest BCUT2D eigenvalue weighted by molar-refractivity contribution is -0.385. The summed E-state index contributed by atoms with van der Waals surface area (Å²) in [5.41, 5.74) is 4.55. The minimum Gasteiger partial charge on any atom is -0.455 e. The summed E-state index contributed by atoms with van der Waals surface area (Å²) >= 11 is 1.13. The number of hydrogen-bond donors (Lipinski definition) is 1. The molecule has 2 aromatic carbocycles. The van der Waals surface area contributed by atoms with Crippen molar-refractivity contribution in [2.45, 2.75) is 6.92 Å². The van der Waals surface area contributed by atoms with Crippen LogP contribution in [0.15, 0.2) is 70.2 Å². The maximum Gasteiger partial charge on any atom is 0.272 e. The highest BCUT2D eigenvalue weighted by molar-refractivity contribution is 7.98. The molecule has 2 aromatic heterocycles. The van der Waals surface area contributed by atoms with Crippen LogP contribution in [0.4, 0.5) is 5.69 Å². The van der Waals surface area contributed by atoms with Gasteiger partial charge in [-0.05, 0) is 53.6 Å². The van der Waals surface area contributed by atoms with Crippen LogP contribution in [-0.4, -0.2) is 42.4 Å². The number of carbonyl (C=O) groups is 1. The van der Waals surface area contributed by atoms with E-state index in [-0.39, 0.29) is 17.3 Å². The third-order valence-electron chi connectivity index (χ3n) is 4.48. The van der Waals surface area contributed by atoms with E-state index in [0.29, 0.717) is 28.5 Å². The van der Waals surface area contributed by atoms with Gasteiger partial charge in [-0.1, -0.05) is 30.3 Å². The number of hydrogen-bond acceptors (Lipinski definition) is 9. The fourth-order valence-corrected chi connectivity index (χ4v) is 3.59. The van der Waals surface area contributed by atoms with E-state index >= 15 is 0 Å². The minimum atomic E-state index is -0.428. The average Bonchev–Trinajstić information content (AvgIpc) is 3.48. The molecule has 0 spiro atoms. The smallest absolute Gasteiger partial charge is 0.272 e. The lowest BCUT2D eigenvalue weighted by Crippen LogP contribution is -2.20. The quantitative estimate of drug-likeness (QED) is 0.238. The Morgan fingerprint density at radius 1 is 1.21 bits per heavy atom. The number of rotatable bonds is 8. The Balaban J connectivity index is 1.32. The van der Waals surface area contributed by atoms with Crippen LogP contribution in [0.1, 0.15) is 11.3 Å². The summed E-state index contributed by atoms with van der Waals surface area (Å²) in [4.78, 5) is 22.6. The van der Waals surface area contributed by atoms with Crippen LogP contribution in [0.25, 0.3) is 22.7 Å². The molecule has 0 bridgehead atoms. The van der Waals surface area contributed by atoms with E-state index in [1.165, 1.54) is 16.4 Å². The topological polar surface area (TPSA) is 141 Å². The number of benzene rings is 2. The van der Waals surface area contributed by atoms with Crippen molar-refractivity contribution in [1.82, 2.24) is 25.0 Å². The summed E-state index contributed by atoms with van der Waals surface area (Å²) in [5, 5.41) is 26.4. The van der Waals surface area contributed by atoms with E-state index in [0.717, 1.165) is 17.5 Å². The van der Waals surface area contributed by atoms with Crippen LogP contribution < -0.4 is 5.43 Å². The van der Waals surface area contributed by atoms with Gasteiger partial charge >= 0.3 is 0 Å². The molecule has 0 saturated carbocycles. The van der Waals surface area contributed by atoms with E-state index in [1.54, 1.807) is 31.2 Å². The second-order valence-corrected chi connectivity index (χ2v) is 7.66. The van der Waals surface area contributed by atoms with Gasteiger partial charge in [-0.25, -0.2) is 5.43 Å². The van der Waals surface area contributed by atoms with E-state index < -0.39 is 4.92 Å². The molecule has 0 unspecified atom stereocenters. The SMILES string of the molecule is Cc1cc(-c2ccc(/C=N\NC(=O)CSn3nnnc3-c3ccccc3)o2)ccc1[N+](=O)[O-]. The number of aromatic nitrogens is 4. The molecule has 0 saturated heterocycles. The third-order valence-corrected chi connectivity index (χ3v) is 5.36. The highest BCUT2D eigenvalue weighted by atomic mass is 32.2. The van der Waals surface area contributed by atoms with Crippen molar-refractivity contribution in [3.05, 3.63) is 82.1 Å². The summed E-state index contributed by atoms with van der Waals surface area (Å²) in [5.74, 6) is 1.20. The zero-order valence-corrected chi connectivity index (χ0v) is 18.1. The van der Waals surface area contributed by atoms with Crippen molar-refractivity contribution < 1.29 is 14.1 Å². The van der Waals surface area contributed by atoms with E-state index in [9.17, 15) is 14.9 Å². The molecule has 0 aliphatic carbocycles. The predicted molar refractivity (Wildman–Crippen MR) is 122 cm³/mol. The van der Waals surface area contributed by atoms with Crippen LogP contribution >= 0.6 is 11.9 Å². The van der Waals surface area contributed by atoms with E-state index in [1.807, 2.05) is 30.3 Å². The van der Waals surface area contributed by atoms with Gasteiger partial charge in [-0.15, -0.1) is 5.10 Å². The molecule has 0 radical (unpaired) electrons. The highest BCUT2D eigenvalue weighted by Crippen LogP contribution is 2.27. The van der Waals surface area contributed by atoms with Crippen molar-refractivity contribution in [1.29, 1.82) is 0 Å². The molecule has 12 heteroatoms. The Kier molecular flexibility index (Phi) is 6.55. The normalized spacial score (nSPS) is 11.1. The van der Waals surface area contributed by atoms with Crippen LogP contribution in [-0.2, 0) is 4.79 Å². The Labute approximate surface area is 191 Å². The van der Waals surface area contributed by atoms with Gasteiger partial charge in [0.15, 0.2) is 5.82 Å². The largest absolute Gasteiger partial charge is 0.455 e. The molecule has 4 aromatic rings. The Hall–Kier alpha value is -4.32. The van der Waals surface area contributed by atoms with Crippen LogP contribution in [0.3, 0.4) is 0 Å². The van der Waals surface area contributed by atoms with E-state index in [4.69, 9.17) is 4.42 Å². The monoisotopic (exact) mass is 463 g/mol. The molecular formula is C21H17N7O4S. The first kappa shape index (κ1) is 21.9. The summed E-state index contributed by atoms with van der Waals surface area (Å²) in [6, 6.07) is 17.5. The number of nitrogens with one attached hydrogen (secondary N) is 1. The average molecular weight is 463 g/mol. The van der Waals surface area contributed by atoms with E-state index in [2.05, 4.69) is 26.1 Å². The van der Waals surface area contributed by atoms with Crippen LogP contribution in [0.5, 0.6) is 0 Å².